The van der Waals surface area contributed by atoms with Gasteiger partial charge >= 0.3 is 6.09 Å². The Hall–Kier alpha value is -2.45. The van der Waals surface area contributed by atoms with Gasteiger partial charge in [-0.25, -0.2) is 14.2 Å². The van der Waals surface area contributed by atoms with Crippen LogP contribution < -0.4 is 10.6 Å². The second-order valence-corrected chi connectivity index (χ2v) is 9.44. The minimum atomic E-state index is -1.07. The number of fused-ring (bicyclic) bond motifs is 3. The van der Waals surface area contributed by atoms with Crippen molar-refractivity contribution in [3.8, 4) is 0 Å². The molecule has 8 heteroatoms. The fourth-order valence-electron chi connectivity index (χ4n) is 6.23. The Kier molecular flexibility index (Phi) is 5.90. The van der Waals surface area contributed by atoms with Crippen molar-refractivity contribution in [2.75, 3.05) is 13.1 Å². The Labute approximate surface area is 188 Å². The van der Waals surface area contributed by atoms with E-state index >= 15 is 0 Å². The number of aryl methyl sites for hydroxylation is 1. The van der Waals surface area contributed by atoms with Gasteiger partial charge in [0.2, 0.25) is 0 Å². The summed E-state index contributed by atoms with van der Waals surface area (Å²) in [5.74, 6) is 0.794. The number of aromatic nitrogens is 2. The van der Waals surface area contributed by atoms with Crippen molar-refractivity contribution >= 4 is 6.09 Å². The van der Waals surface area contributed by atoms with E-state index in [1.54, 1.807) is 12.1 Å². The molecule has 32 heavy (non-hydrogen) atoms. The number of nitrogens with one attached hydrogen (secondary N) is 2. The lowest BCUT2D eigenvalue weighted by Gasteiger charge is -2.41. The molecule has 2 saturated heterocycles. The zero-order chi connectivity index (χ0) is 22.2. The van der Waals surface area contributed by atoms with Crippen molar-refractivity contribution in [2.45, 2.75) is 76.2 Å². The van der Waals surface area contributed by atoms with Crippen LogP contribution in [-0.4, -0.2) is 50.8 Å². The van der Waals surface area contributed by atoms with Gasteiger partial charge in [-0.15, -0.1) is 0 Å². The highest BCUT2D eigenvalue weighted by Gasteiger charge is 2.42. The smallest absolute Gasteiger partial charge is 0.405 e. The zero-order valence-electron chi connectivity index (χ0n) is 18.6. The van der Waals surface area contributed by atoms with E-state index in [0.717, 1.165) is 44.7 Å². The lowest BCUT2D eigenvalue weighted by molar-refractivity contribution is 0.0996. The molecule has 1 amide bonds. The van der Waals surface area contributed by atoms with Gasteiger partial charge in [-0.1, -0.05) is 12.1 Å². The van der Waals surface area contributed by atoms with Gasteiger partial charge in [-0.05, 0) is 56.7 Å². The van der Waals surface area contributed by atoms with Crippen LogP contribution in [0.5, 0.6) is 0 Å². The van der Waals surface area contributed by atoms with Crippen molar-refractivity contribution in [1.29, 1.82) is 0 Å². The van der Waals surface area contributed by atoms with Crippen molar-refractivity contribution in [1.82, 2.24) is 25.1 Å². The number of carbonyl (C=O) groups is 1. The molecule has 2 fully saturated rings. The Balaban J connectivity index is 1.28. The largest absolute Gasteiger partial charge is 0.465 e. The maximum atomic E-state index is 13.7. The number of carboxylic acid groups (broad SMARTS) is 1. The maximum Gasteiger partial charge on any atom is 0.405 e. The van der Waals surface area contributed by atoms with Gasteiger partial charge in [0.15, 0.2) is 0 Å². The third kappa shape index (κ3) is 4.13. The van der Waals surface area contributed by atoms with E-state index in [1.807, 2.05) is 0 Å². The number of nitrogens with zero attached hydrogens (tertiary/aromatic N) is 3. The summed E-state index contributed by atoms with van der Waals surface area (Å²) in [6, 6.07) is 7.34. The molecule has 1 unspecified atom stereocenters. The van der Waals surface area contributed by atoms with Crippen LogP contribution in [0, 0.1) is 12.7 Å². The number of imidazole rings is 1. The van der Waals surface area contributed by atoms with E-state index in [-0.39, 0.29) is 5.82 Å². The minimum absolute atomic E-state index is 0.339. The zero-order valence-corrected chi connectivity index (χ0v) is 18.6. The third-order valence-electron chi connectivity index (χ3n) is 7.55. The van der Waals surface area contributed by atoms with E-state index in [1.165, 1.54) is 36.4 Å². The number of benzene rings is 1. The standard InChI is InChI=1S/C24H32FN5O2/c1-15-27-22-7-9-26-14-23(22)30(15)20-12-18-5-6-19(13-20)29(18)10-8-21(28-24(31)32)16-3-2-4-17(25)11-16/h2-4,11,18-21,26,28H,5-10,12-14H2,1H3,(H,31,32)/t18-,19+,20?,21-/m0/s1. The number of halogens is 1. The number of amides is 1. The van der Waals surface area contributed by atoms with E-state index < -0.39 is 12.1 Å². The predicted molar refractivity (Wildman–Crippen MR) is 119 cm³/mol. The highest BCUT2D eigenvalue weighted by molar-refractivity contribution is 5.65. The molecule has 7 nitrogen and oxygen atoms in total. The first kappa shape index (κ1) is 21.4. The lowest BCUT2D eigenvalue weighted by atomic mass is 9.95. The molecule has 0 radical (unpaired) electrons. The van der Waals surface area contributed by atoms with Crippen molar-refractivity contribution < 1.29 is 14.3 Å². The molecule has 3 N–H and O–H groups in total. The van der Waals surface area contributed by atoms with Gasteiger partial charge < -0.3 is 20.3 Å². The Morgan fingerprint density at radius 3 is 2.81 bits per heavy atom. The van der Waals surface area contributed by atoms with Crippen LogP contribution in [-0.2, 0) is 13.0 Å². The van der Waals surface area contributed by atoms with Crippen LogP contribution in [0.4, 0.5) is 9.18 Å². The molecule has 0 spiro atoms. The van der Waals surface area contributed by atoms with Gasteiger partial charge in [0.25, 0.3) is 0 Å². The molecule has 0 saturated carbocycles. The molecule has 4 heterocycles. The van der Waals surface area contributed by atoms with Crippen LogP contribution in [0.1, 0.15) is 67.0 Å². The van der Waals surface area contributed by atoms with Gasteiger partial charge in [0.05, 0.1) is 17.4 Å². The Morgan fingerprint density at radius 2 is 2.09 bits per heavy atom. The fraction of sp³-hybridized carbons (Fsp3) is 0.583. The SMILES string of the molecule is Cc1nc2c(n1C1C[C@H]3CC[C@@H](C1)N3CC[C@H](NC(=O)O)c1cccc(F)c1)CNCC2. The molecule has 4 atom stereocenters. The molecule has 1 aromatic carbocycles. The normalized spacial score (nSPS) is 26.0. The molecule has 2 bridgehead atoms. The molecule has 1 aromatic heterocycles. The van der Waals surface area contributed by atoms with Crippen molar-refractivity contribution in [3.63, 3.8) is 0 Å². The third-order valence-corrected chi connectivity index (χ3v) is 7.55. The highest BCUT2D eigenvalue weighted by atomic mass is 19.1. The van der Waals surface area contributed by atoms with Crippen molar-refractivity contribution in [3.05, 3.63) is 52.9 Å². The number of hydrogen-bond donors (Lipinski definition) is 3. The summed E-state index contributed by atoms with van der Waals surface area (Å²) in [4.78, 5) is 18.8. The molecule has 172 valence electrons. The van der Waals surface area contributed by atoms with Crippen LogP contribution in [0.15, 0.2) is 24.3 Å². The van der Waals surface area contributed by atoms with Crippen LogP contribution in [0.3, 0.4) is 0 Å². The van der Waals surface area contributed by atoms with Gasteiger partial charge in [0.1, 0.15) is 11.6 Å². The minimum Gasteiger partial charge on any atom is -0.465 e. The van der Waals surface area contributed by atoms with Crippen LogP contribution in [0.25, 0.3) is 0 Å². The van der Waals surface area contributed by atoms with E-state index in [0.29, 0.717) is 30.1 Å². The second-order valence-electron chi connectivity index (χ2n) is 9.44. The Morgan fingerprint density at radius 1 is 1.31 bits per heavy atom. The van der Waals surface area contributed by atoms with Crippen LogP contribution in [0.2, 0.25) is 0 Å². The summed E-state index contributed by atoms with van der Waals surface area (Å²) in [5, 5.41) is 15.4. The molecular weight excluding hydrogens is 409 g/mol. The summed E-state index contributed by atoms with van der Waals surface area (Å²) in [6.45, 7) is 4.85. The predicted octanol–water partition coefficient (Wildman–Crippen LogP) is 3.54. The summed E-state index contributed by atoms with van der Waals surface area (Å²) in [7, 11) is 0. The van der Waals surface area contributed by atoms with Gasteiger partial charge in [-0.3, -0.25) is 4.90 Å². The highest BCUT2D eigenvalue weighted by Crippen LogP contribution is 2.42. The van der Waals surface area contributed by atoms with E-state index in [9.17, 15) is 14.3 Å². The summed E-state index contributed by atoms with van der Waals surface area (Å²) >= 11 is 0. The van der Waals surface area contributed by atoms with E-state index in [2.05, 4.69) is 27.0 Å². The molecular formula is C24H32FN5O2. The maximum absolute atomic E-state index is 13.7. The molecule has 3 aliphatic heterocycles. The number of hydrogen-bond acceptors (Lipinski definition) is 4. The van der Waals surface area contributed by atoms with Gasteiger partial charge in [-0.2, -0.15) is 0 Å². The summed E-state index contributed by atoms with van der Waals surface area (Å²) in [6.07, 6.45) is 5.16. The molecule has 0 aliphatic carbocycles. The average molecular weight is 442 g/mol. The first-order chi connectivity index (χ1) is 15.5. The lowest BCUT2D eigenvalue weighted by Crippen LogP contribution is -2.45. The monoisotopic (exact) mass is 441 g/mol. The van der Waals surface area contributed by atoms with Crippen molar-refractivity contribution in [2.24, 2.45) is 0 Å². The quantitative estimate of drug-likeness (QED) is 0.639. The molecule has 5 rings (SSSR count). The van der Waals surface area contributed by atoms with Gasteiger partial charge in [0, 0.05) is 44.2 Å². The number of rotatable bonds is 6. The van der Waals surface area contributed by atoms with E-state index in [4.69, 9.17) is 4.98 Å². The number of piperidine rings is 1. The topological polar surface area (TPSA) is 82.4 Å². The first-order valence-electron chi connectivity index (χ1n) is 11.8. The second kappa shape index (κ2) is 8.83. The average Bonchev–Trinajstić information content (AvgIpc) is 3.22. The summed E-state index contributed by atoms with van der Waals surface area (Å²) in [5.41, 5.74) is 3.31. The van der Waals surface area contributed by atoms with Crippen LogP contribution >= 0.6 is 0 Å². The molecule has 3 aliphatic rings. The first-order valence-corrected chi connectivity index (χ1v) is 11.8. The summed E-state index contributed by atoms with van der Waals surface area (Å²) < 4.78 is 16.2. The Bertz CT molecular complexity index is 979. The molecule has 2 aromatic rings. The fourth-order valence-corrected chi connectivity index (χ4v) is 6.23.